The average molecular weight is 260 g/mol. The molecule has 0 spiro atoms. The number of aromatic nitrogens is 3. The predicted octanol–water partition coefficient (Wildman–Crippen LogP) is 0.397. The van der Waals surface area contributed by atoms with Crippen LogP contribution in [0.5, 0.6) is 0 Å². The number of hydrogen-bond donors (Lipinski definition) is 2. The normalized spacial score (nSPS) is 11.7. The van der Waals surface area contributed by atoms with Gasteiger partial charge in [0, 0.05) is 6.07 Å². The summed E-state index contributed by atoms with van der Waals surface area (Å²) in [5.74, 6) is -1.87. The third-order valence-electron chi connectivity index (χ3n) is 1.91. The van der Waals surface area contributed by atoms with Crippen molar-refractivity contribution < 1.29 is 17.2 Å². The van der Waals surface area contributed by atoms with Gasteiger partial charge in [0.25, 0.3) is 15.2 Å². The number of primary sulfonamides is 1. The van der Waals surface area contributed by atoms with Gasteiger partial charge in [-0.15, -0.1) is 0 Å². The van der Waals surface area contributed by atoms with Crippen molar-refractivity contribution in [1.29, 1.82) is 0 Å². The van der Waals surface area contributed by atoms with Crippen LogP contribution in [0.25, 0.3) is 11.4 Å². The third kappa shape index (κ3) is 2.29. The van der Waals surface area contributed by atoms with Gasteiger partial charge >= 0.3 is 0 Å². The Balaban J connectivity index is 2.51. The van der Waals surface area contributed by atoms with Gasteiger partial charge in [-0.1, -0.05) is 0 Å². The SMILES string of the molecule is NS(=O)(=O)c1nc(-c2ccc(F)cc2F)n[nH]1. The Hall–Kier alpha value is -1.87. The molecule has 0 unspecified atom stereocenters. The number of H-pyrrole nitrogens is 1. The highest BCUT2D eigenvalue weighted by Gasteiger charge is 2.17. The summed E-state index contributed by atoms with van der Waals surface area (Å²) in [5.41, 5.74) is -0.127. The fourth-order valence-electron chi connectivity index (χ4n) is 1.17. The molecule has 0 atom stereocenters. The molecule has 0 bridgehead atoms. The van der Waals surface area contributed by atoms with E-state index in [-0.39, 0.29) is 11.4 Å². The maximum absolute atomic E-state index is 13.3. The summed E-state index contributed by atoms with van der Waals surface area (Å²) < 4.78 is 47.8. The van der Waals surface area contributed by atoms with Crippen LogP contribution < -0.4 is 5.14 Å². The summed E-state index contributed by atoms with van der Waals surface area (Å²) in [6.45, 7) is 0. The molecule has 0 aliphatic rings. The number of hydrogen-bond acceptors (Lipinski definition) is 4. The molecule has 2 aromatic rings. The molecule has 0 aliphatic heterocycles. The second-order valence-corrected chi connectivity index (χ2v) is 4.61. The van der Waals surface area contributed by atoms with E-state index in [4.69, 9.17) is 5.14 Å². The molecule has 1 heterocycles. The van der Waals surface area contributed by atoms with E-state index in [0.29, 0.717) is 6.07 Å². The van der Waals surface area contributed by atoms with Crippen LogP contribution in [0, 0.1) is 11.6 Å². The molecule has 9 heteroatoms. The molecule has 17 heavy (non-hydrogen) atoms. The van der Waals surface area contributed by atoms with E-state index in [1.807, 2.05) is 0 Å². The van der Waals surface area contributed by atoms with Gasteiger partial charge in [0.05, 0.1) is 5.56 Å². The highest BCUT2D eigenvalue weighted by atomic mass is 32.2. The first kappa shape index (κ1) is 11.6. The topological polar surface area (TPSA) is 102 Å². The third-order valence-corrected chi connectivity index (χ3v) is 2.63. The molecular weight excluding hydrogens is 254 g/mol. The Morgan fingerprint density at radius 3 is 2.53 bits per heavy atom. The van der Waals surface area contributed by atoms with Gasteiger partial charge in [0.2, 0.25) is 0 Å². The van der Waals surface area contributed by atoms with Crippen molar-refractivity contribution in [2.75, 3.05) is 0 Å². The molecule has 6 nitrogen and oxygen atoms in total. The van der Waals surface area contributed by atoms with Crippen LogP contribution in [0.4, 0.5) is 8.78 Å². The van der Waals surface area contributed by atoms with Crippen molar-refractivity contribution in [3.05, 3.63) is 29.8 Å². The predicted molar refractivity (Wildman–Crippen MR) is 53.1 cm³/mol. The highest BCUT2D eigenvalue weighted by molar-refractivity contribution is 7.89. The van der Waals surface area contributed by atoms with Crippen LogP contribution in [0.1, 0.15) is 0 Å². The number of sulfonamides is 1. The second-order valence-electron chi connectivity index (χ2n) is 3.13. The largest absolute Gasteiger partial charge is 0.273 e. The van der Waals surface area contributed by atoms with Gasteiger partial charge in [-0.3, -0.25) is 0 Å². The number of aromatic amines is 1. The smallest absolute Gasteiger partial charge is 0.248 e. The molecule has 90 valence electrons. The Kier molecular flexibility index (Phi) is 2.63. The zero-order valence-corrected chi connectivity index (χ0v) is 9.00. The van der Waals surface area contributed by atoms with Crippen molar-refractivity contribution in [3.8, 4) is 11.4 Å². The summed E-state index contributed by atoms with van der Waals surface area (Å²) in [7, 11) is -4.04. The van der Waals surface area contributed by atoms with Crippen LogP contribution in [0.15, 0.2) is 23.4 Å². The Morgan fingerprint density at radius 1 is 1.29 bits per heavy atom. The summed E-state index contributed by atoms with van der Waals surface area (Å²) in [6.07, 6.45) is 0. The van der Waals surface area contributed by atoms with Crippen molar-refractivity contribution >= 4 is 10.0 Å². The molecule has 0 fully saturated rings. The first-order valence-electron chi connectivity index (χ1n) is 4.28. The number of rotatable bonds is 2. The molecule has 1 aromatic heterocycles. The monoisotopic (exact) mass is 260 g/mol. The van der Waals surface area contributed by atoms with Gasteiger partial charge < -0.3 is 0 Å². The Morgan fingerprint density at radius 2 is 2.00 bits per heavy atom. The molecule has 0 radical (unpaired) electrons. The van der Waals surface area contributed by atoms with Crippen LogP contribution in [-0.4, -0.2) is 23.6 Å². The number of benzene rings is 1. The maximum atomic E-state index is 13.3. The van der Waals surface area contributed by atoms with E-state index in [9.17, 15) is 17.2 Å². The minimum atomic E-state index is -4.04. The lowest BCUT2D eigenvalue weighted by Crippen LogP contribution is -2.13. The van der Waals surface area contributed by atoms with Gasteiger partial charge in [-0.05, 0) is 12.1 Å². The molecule has 3 N–H and O–H groups in total. The van der Waals surface area contributed by atoms with Crippen molar-refractivity contribution in [2.45, 2.75) is 5.16 Å². The summed E-state index contributed by atoms with van der Waals surface area (Å²) in [4.78, 5) is 3.50. The minimum absolute atomic E-state index is 0.127. The van der Waals surface area contributed by atoms with Crippen LogP contribution >= 0.6 is 0 Å². The van der Waals surface area contributed by atoms with Crippen molar-refractivity contribution in [3.63, 3.8) is 0 Å². The van der Waals surface area contributed by atoms with Gasteiger partial charge in [0.1, 0.15) is 11.6 Å². The number of halogens is 2. The van der Waals surface area contributed by atoms with E-state index in [1.165, 1.54) is 0 Å². The van der Waals surface area contributed by atoms with E-state index < -0.39 is 26.8 Å². The molecule has 0 amide bonds. The van der Waals surface area contributed by atoms with E-state index in [2.05, 4.69) is 15.2 Å². The lowest BCUT2D eigenvalue weighted by Gasteiger charge is -1.97. The maximum Gasteiger partial charge on any atom is 0.273 e. The lowest BCUT2D eigenvalue weighted by atomic mass is 10.2. The van der Waals surface area contributed by atoms with E-state index in [1.54, 1.807) is 0 Å². The molecular formula is C8H6F2N4O2S. The quantitative estimate of drug-likeness (QED) is 0.815. The van der Waals surface area contributed by atoms with Gasteiger partial charge in [-0.2, -0.15) is 10.1 Å². The van der Waals surface area contributed by atoms with Crippen molar-refractivity contribution in [2.24, 2.45) is 5.14 Å². The molecule has 0 aliphatic carbocycles. The number of nitrogens with zero attached hydrogens (tertiary/aromatic N) is 2. The van der Waals surface area contributed by atoms with Crippen molar-refractivity contribution in [1.82, 2.24) is 15.2 Å². The zero-order chi connectivity index (χ0) is 12.6. The second kappa shape index (κ2) is 3.86. The molecule has 0 saturated heterocycles. The standard InChI is InChI=1S/C8H6F2N4O2S/c9-4-1-2-5(6(10)3-4)7-12-8(14-13-7)17(11,15)16/h1-3H,(H2,11,15,16)(H,12,13,14). The highest BCUT2D eigenvalue weighted by Crippen LogP contribution is 2.20. The van der Waals surface area contributed by atoms with E-state index in [0.717, 1.165) is 12.1 Å². The Labute approximate surface area is 94.5 Å². The van der Waals surface area contributed by atoms with E-state index >= 15 is 0 Å². The molecule has 2 rings (SSSR count). The van der Waals surface area contributed by atoms with Crippen LogP contribution in [0.3, 0.4) is 0 Å². The fourth-order valence-corrected chi connectivity index (χ4v) is 1.55. The summed E-state index contributed by atoms with van der Waals surface area (Å²) in [5, 5.41) is 9.75. The van der Waals surface area contributed by atoms with Crippen LogP contribution in [-0.2, 0) is 10.0 Å². The zero-order valence-electron chi connectivity index (χ0n) is 8.18. The molecule has 1 aromatic carbocycles. The van der Waals surface area contributed by atoms with Gasteiger partial charge in [0.15, 0.2) is 5.82 Å². The van der Waals surface area contributed by atoms with Crippen LogP contribution in [0.2, 0.25) is 0 Å². The number of nitrogens with one attached hydrogen (secondary N) is 1. The minimum Gasteiger partial charge on any atom is -0.248 e. The summed E-state index contributed by atoms with van der Waals surface area (Å²) >= 11 is 0. The average Bonchev–Trinajstić information content (AvgIpc) is 2.65. The van der Waals surface area contributed by atoms with Gasteiger partial charge in [-0.25, -0.2) is 27.4 Å². The fraction of sp³-hybridized carbons (Fsp3) is 0. The number of nitrogens with two attached hydrogens (primary N) is 1. The lowest BCUT2D eigenvalue weighted by molar-refractivity contribution is 0.584. The summed E-state index contributed by atoms with van der Waals surface area (Å²) in [6, 6.07) is 2.74. The first-order chi connectivity index (χ1) is 7.88. The molecule has 0 saturated carbocycles. The first-order valence-corrected chi connectivity index (χ1v) is 5.83. The Bertz CT molecular complexity index is 668.